The molecular formula is C26H28O6S. The standard InChI is InChI=1S/C26H28O6S/c1-4-24(27)31-18-8-6-5-7-17-30-21-11-9-20(10-12-21)26(29)33-23-15-13-22(14-16-23)32-25(28)19(2)3/h4,9-16H,1-2,5-8,17-18H2,3H3. The molecule has 33 heavy (non-hydrogen) atoms. The molecule has 0 atom stereocenters. The molecule has 0 amide bonds. The van der Waals surface area contributed by atoms with Crippen LogP contribution in [0.25, 0.3) is 0 Å². The predicted molar refractivity (Wildman–Crippen MR) is 129 cm³/mol. The lowest BCUT2D eigenvalue weighted by atomic mass is 10.2. The van der Waals surface area contributed by atoms with Gasteiger partial charge >= 0.3 is 11.9 Å². The first-order chi connectivity index (χ1) is 15.9. The van der Waals surface area contributed by atoms with Gasteiger partial charge in [-0.05, 0) is 92.9 Å². The molecule has 2 aromatic rings. The normalized spacial score (nSPS) is 10.2. The predicted octanol–water partition coefficient (Wildman–Crippen LogP) is 5.77. The summed E-state index contributed by atoms with van der Waals surface area (Å²) in [5.74, 6) is 0.232. The Labute approximate surface area is 198 Å². The number of carbonyl (C=O) groups excluding carboxylic acids is 3. The van der Waals surface area contributed by atoms with Crippen LogP contribution in [0, 0.1) is 0 Å². The summed E-state index contributed by atoms with van der Waals surface area (Å²) in [7, 11) is 0. The maximum atomic E-state index is 12.5. The first-order valence-electron chi connectivity index (χ1n) is 10.6. The highest BCUT2D eigenvalue weighted by Crippen LogP contribution is 2.26. The van der Waals surface area contributed by atoms with Crippen LogP contribution < -0.4 is 9.47 Å². The molecule has 0 N–H and O–H groups in total. The molecule has 0 bridgehead atoms. The Bertz CT molecular complexity index is 963. The van der Waals surface area contributed by atoms with E-state index in [2.05, 4.69) is 13.2 Å². The van der Waals surface area contributed by atoms with Crippen LogP contribution in [0.5, 0.6) is 11.5 Å². The SMILES string of the molecule is C=CC(=O)OCCCCCCOc1ccc(C(=O)Sc2ccc(OC(=O)C(=C)C)cc2)cc1. The van der Waals surface area contributed by atoms with Gasteiger partial charge in [0.15, 0.2) is 0 Å². The summed E-state index contributed by atoms with van der Waals surface area (Å²) >= 11 is 1.10. The average molecular weight is 469 g/mol. The van der Waals surface area contributed by atoms with Crippen molar-refractivity contribution < 1.29 is 28.6 Å². The van der Waals surface area contributed by atoms with Gasteiger partial charge in [0.05, 0.1) is 13.2 Å². The minimum Gasteiger partial charge on any atom is -0.494 e. The number of hydrogen-bond donors (Lipinski definition) is 0. The van der Waals surface area contributed by atoms with Crippen LogP contribution in [0.2, 0.25) is 0 Å². The van der Waals surface area contributed by atoms with E-state index in [0.717, 1.165) is 48.4 Å². The summed E-state index contributed by atoms with van der Waals surface area (Å²) in [5.41, 5.74) is 0.888. The summed E-state index contributed by atoms with van der Waals surface area (Å²) in [6.07, 6.45) is 4.80. The molecule has 0 aliphatic rings. The quantitative estimate of drug-likeness (QED) is 0.121. The van der Waals surface area contributed by atoms with Gasteiger partial charge in [0.1, 0.15) is 11.5 Å². The van der Waals surface area contributed by atoms with E-state index < -0.39 is 11.9 Å². The molecule has 174 valence electrons. The summed E-state index contributed by atoms with van der Waals surface area (Å²) in [6, 6.07) is 13.8. The van der Waals surface area contributed by atoms with Gasteiger partial charge in [0.2, 0.25) is 5.12 Å². The largest absolute Gasteiger partial charge is 0.494 e. The summed E-state index contributed by atoms with van der Waals surface area (Å²) < 4.78 is 15.8. The van der Waals surface area contributed by atoms with E-state index in [0.29, 0.717) is 35.8 Å². The molecular weight excluding hydrogens is 440 g/mol. The second-order valence-electron chi connectivity index (χ2n) is 7.19. The van der Waals surface area contributed by atoms with Crippen molar-refractivity contribution in [2.75, 3.05) is 13.2 Å². The third-order valence-corrected chi connectivity index (χ3v) is 5.33. The van der Waals surface area contributed by atoms with E-state index in [1.165, 1.54) is 0 Å². The Hall–Kier alpha value is -3.32. The highest BCUT2D eigenvalue weighted by Gasteiger charge is 2.10. The first-order valence-corrected chi connectivity index (χ1v) is 11.4. The van der Waals surface area contributed by atoms with E-state index in [4.69, 9.17) is 14.2 Å². The smallest absolute Gasteiger partial charge is 0.338 e. The number of carbonyl (C=O) groups is 3. The van der Waals surface area contributed by atoms with Gasteiger partial charge < -0.3 is 14.2 Å². The van der Waals surface area contributed by atoms with Gasteiger partial charge in [-0.15, -0.1) is 0 Å². The molecule has 0 aliphatic heterocycles. The molecule has 0 saturated heterocycles. The van der Waals surface area contributed by atoms with Crippen molar-refractivity contribution >= 4 is 28.8 Å². The Kier molecular flexibility index (Phi) is 11.0. The molecule has 0 fully saturated rings. The van der Waals surface area contributed by atoms with Crippen molar-refractivity contribution in [2.45, 2.75) is 37.5 Å². The van der Waals surface area contributed by atoms with Crippen LogP contribution >= 0.6 is 11.8 Å². The average Bonchev–Trinajstić information content (AvgIpc) is 2.82. The van der Waals surface area contributed by atoms with Crippen LogP contribution in [0.3, 0.4) is 0 Å². The highest BCUT2D eigenvalue weighted by atomic mass is 32.2. The van der Waals surface area contributed by atoms with Gasteiger partial charge in [-0.25, -0.2) is 9.59 Å². The summed E-state index contributed by atoms with van der Waals surface area (Å²) in [5, 5.41) is -0.0922. The molecule has 0 heterocycles. The number of unbranched alkanes of at least 4 members (excludes halogenated alkanes) is 3. The molecule has 0 aliphatic carbocycles. The molecule has 0 unspecified atom stereocenters. The van der Waals surface area contributed by atoms with Crippen LogP contribution in [-0.2, 0) is 14.3 Å². The third kappa shape index (κ3) is 9.78. The monoisotopic (exact) mass is 468 g/mol. The number of rotatable bonds is 13. The van der Waals surface area contributed by atoms with Crippen molar-refractivity contribution in [3.8, 4) is 11.5 Å². The zero-order valence-electron chi connectivity index (χ0n) is 18.7. The molecule has 2 aromatic carbocycles. The maximum Gasteiger partial charge on any atom is 0.338 e. The minimum atomic E-state index is -0.486. The number of benzene rings is 2. The summed E-state index contributed by atoms with van der Waals surface area (Å²) in [4.78, 5) is 35.7. The fourth-order valence-electron chi connectivity index (χ4n) is 2.60. The summed E-state index contributed by atoms with van der Waals surface area (Å²) in [6.45, 7) is 9.46. The molecule has 7 heteroatoms. The number of esters is 2. The lowest BCUT2D eigenvalue weighted by molar-refractivity contribution is -0.137. The van der Waals surface area contributed by atoms with Crippen LogP contribution in [0.15, 0.2) is 78.2 Å². The second kappa shape index (κ2) is 14.0. The Morgan fingerprint density at radius 2 is 1.48 bits per heavy atom. The van der Waals surface area contributed by atoms with Crippen molar-refractivity contribution in [1.29, 1.82) is 0 Å². The Morgan fingerprint density at radius 3 is 2.09 bits per heavy atom. The zero-order chi connectivity index (χ0) is 24.1. The van der Waals surface area contributed by atoms with E-state index in [1.54, 1.807) is 55.5 Å². The minimum absolute atomic E-state index is 0.0922. The Balaban J connectivity index is 1.70. The van der Waals surface area contributed by atoms with E-state index in [1.807, 2.05) is 0 Å². The maximum absolute atomic E-state index is 12.5. The fourth-order valence-corrected chi connectivity index (χ4v) is 3.34. The fraction of sp³-hybridized carbons (Fsp3) is 0.269. The molecule has 6 nitrogen and oxygen atoms in total. The molecule has 2 rings (SSSR count). The molecule has 0 saturated carbocycles. The highest BCUT2D eigenvalue weighted by molar-refractivity contribution is 8.14. The van der Waals surface area contributed by atoms with Crippen LogP contribution in [0.4, 0.5) is 0 Å². The van der Waals surface area contributed by atoms with Crippen LogP contribution in [-0.4, -0.2) is 30.3 Å². The van der Waals surface area contributed by atoms with Crippen molar-refractivity contribution in [3.63, 3.8) is 0 Å². The van der Waals surface area contributed by atoms with Gasteiger partial charge in [-0.2, -0.15) is 0 Å². The van der Waals surface area contributed by atoms with Crippen molar-refractivity contribution in [2.24, 2.45) is 0 Å². The third-order valence-electron chi connectivity index (χ3n) is 4.40. The van der Waals surface area contributed by atoms with Crippen LogP contribution in [0.1, 0.15) is 43.0 Å². The Morgan fingerprint density at radius 1 is 0.879 bits per heavy atom. The van der Waals surface area contributed by atoms with E-state index >= 15 is 0 Å². The first kappa shape index (κ1) is 25.9. The van der Waals surface area contributed by atoms with Gasteiger partial charge in [-0.1, -0.05) is 13.2 Å². The lowest BCUT2D eigenvalue weighted by Crippen LogP contribution is -2.07. The van der Waals surface area contributed by atoms with E-state index in [-0.39, 0.29) is 5.12 Å². The number of thioether (sulfide) groups is 1. The second-order valence-corrected chi connectivity index (χ2v) is 8.24. The lowest BCUT2D eigenvalue weighted by Gasteiger charge is -2.08. The molecule has 0 aromatic heterocycles. The van der Waals surface area contributed by atoms with E-state index in [9.17, 15) is 14.4 Å². The van der Waals surface area contributed by atoms with Gasteiger partial charge in [-0.3, -0.25) is 4.79 Å². The van der Waals surface area contributed by atoms with Crippen molar-refractivity contribution in [3.05, 3.63) is 78.9 Å². The number of hydrogen-bond acceptors (Lipinski definition) is 7. The van der Waals surface area contributed by atoms with Gasteiger partial charge in [0.25, 0.3) is 0 Å². The van der Waals surface area contributed by atoms with Gasteiger partial charge in [0, 0.05) is 22.1 Å². The molecule has 0 radical (unpaired) electrons. The van der Waals surface area contributed by atoms with Crippen molar-refractivity contribution in [1.82, 2.24) is 0 Å². The topological polar surface area (TPSA) is 78.9 Å². The molecule has 0 spiro atoms. The zero-order valence-corrected chi connectivity index (χ0v) is 19.5. The number of ether oxygens (including phenoxy) is 3.